The van der Waals surface area contributed by atoms with E-state index in [0.29, 0.717) is 18.7 Å². The van der Waals surface area contributed by atoms with Crippen molar-refractivity contribution in [1.29, 1.82) is 0 Å². The first kappa shape index (κ1) is 24.7. The number of carbonyl (C=O) groups excluding carboxylic acids is 1. The monoisotopic (exact) mass is 512 g/mol. The smallest absolute Gasteiger partial charge is 0.318 e. The molecule has 2 aromatic carbocycles. The van der Waals surface area contributed by atoms with Gasteiger partial charge in [0.25, 0.3) is 0 Å². The van der Waals surface area contributed by atoms with Gasteiger partial charge in [-0.25, -0.2) is 0 Å². The summed E-state index contributed by atoms with van der Waals surface area (Å²) >= 11 is 0. The van der Waals surface area contributed by atoms with Gasteiger partial charge in [0.2, 0.25) is 0 Å². The number of fused-ring (bicyclic) bond motifs is 2. The Morgan fingerprint density at radius 2 is 1.82 bits per heavy atom. The Balaban J connectivity index is 1.29. The number of aldehydes is 1. The SMILES string of the molecule is CN1CCC[C@H]1COc1nc2c(c(N3CCN(C=CC=O)CC3)n1)CCN(c1cccc3ccccc13)C2. The molecule has 3 aliphatic heterocycles. The molecule has 0 spiro atoms. The zero-order valence-electron chi connectivity index (χ0n) is 22.1. The predicted molar refractivity (Wildman–Crippen MR) is 151 cm³/mol. The van der Waals surface area contributed by atoms with Crippen molar-refractivity contribution in [3.8, 4) is 6.01 Å². The number of hydrogen-bond donors (Lipinski definition) is 0. The highest BCUT2D eigenvalue weighted by atomic mass is 16.5. The van der Waals surface area contributed by atoms with E-state index in [-0.39, 0.29) is 0 Å². The lowest BCUT2D eigenvalue weighted by atomic mass is 10.0. The van der Waals surface area contributed by atoms with Crippen molar-refractivity contribution in [3.05, 3.63) is 66.0 Å². The maximum atomic E-state index is 10.7. The van der Waals surface area contributed by atoms with E-state index < -0.39 is 0 Å². The van der Waals surface area contributed by atoms with Crippen LogP contribution in [0, 0.1) is 0 Å². The van der Waals surface area contributed by atoms with Gasteiger partial charge in [0.1, 0.15) is 18.7 Å². The Morgan fingerprint density at radius 3 is 2.63 bits per heavy atom. The first-order chi connectivity index (χ1) is 18.7. The molecule has 0 saturated carbocycles. The van der Waals surface area contributed by atoms with Crippen molar-refractivity contribution in [2.75, 3.05) is 62.7 Å². The highest BCUT2D eigenvalue weighted by Gasteiger charge is 2.29. The quantitative estimate of drug-likeness (QED) is 0.352. The van der Waals surface area contributed by atoms with Gasteiger partial charge in [0.05, 0.1) is 12.2 Å². The van der Waals surface area contributed by atoms with E-state index in [9.17, 15) is 4.79 Å². The number of piperazine rings is 1. The van der Waals surface area contributed by atoms with Crippen LogP contribution in [0.2, 0.25) is 0 Å². The molecule has 3 aromatic rings. The zero-order chi connectivity index (χ0) is 25.9. The summed E-state index contributed by atoms with van der Waals surface area (Å²) in [5.41, 5.74) is 3.55. The van der Waals surface area contributed by atoms with Gasteiger partial charge in [-0.05, 0) is 50.4 Å². The third-order valence-electron chi connectivity index (χ3n) is 8.20. The van der Waals surface area contributed by atoms with E-state index in [4.69, 9.17) is 14.7 Å². The molecule has 8 heteroatoms. The lowest BCUT2D eigenvalue weighted by Crippen LogP contribution is -2.45. The van der Waals surface area contributed by atoms with Gasteiger partial charge in [-0.2, -0.15) is 9.97 Å². The Labute approximate surface area is 224 Å². The van der Waals surface area contributed by atoms with Gasteiger partial charge in [0, 0.05) is 61.6 Å². The molecule has 6 rings (SSSR count). The molecule has 3 aliphatic rings. The number of hydrogen-bond acceptors (Lipinski definition) is 8. The van der Waals surface area contributed by atoms with Crippen molar-refractivity contribution in [2.45, 2.75) is 31.8 Å². The molecule has 4 heterocycles. The maximum absolute atomic E-state index is 10.7. The first-order valence-corrected chi connectivity index (χ1v) is 13.8. The topological polar surface area (TPSA) is 65.0 Å². The number of aromatic nitrogens is 2. The molecular weight excluding hydrogens is 476 g/mol. The van der Waals surface area contributed by atoms with Gasteiger partial charge in [-0.15, -0.1) is 0 Å². The van der Waals surface area contributed by atoms with E-state index in [2.05, 4.69) is 69.1 Å². The molecule has 0 aliphatic carbocycles. The summed E-state index contributed by atoms with van der Waals surface area (Å²) in [4.78, 5) is 30.1. The summed E-state index contributed by atoms with van der Waals surface area (Å²) in [5.74, 6) is 1.02. The number of carbonyl (C=O) groups is 1. The number of rotatable bonds is 7. The van der Waals surface area contributed by atoms with Crippen molar-refractivity contribution in [1.82, 2.24) is 19.8 Å². The van der Waals surface area contributed by atoms with Gasteiger partial charge in [-0.1, -0.05) is 36.4 Å². The third kappa shape index (κ3) is 5.05. The summed E-state index contributed by atoms with van der Waals surface area (Å²) in [7, 11) is 2.17. The molecule has 8 nitrogen and oxygen atoms in total. The Kier molecular flexibility index (Phi) is 7.14. The summed E-state index contributed by atoms with van der Waals surface area (Å²) in [6, 6.07) is 16.0. The average Bonchev–Trinajstić information content (AvgIpc) is 3.38. The predicted octanol–water partition coefficient (Wildman–Crippen LogP) is 3.50. The van der Waals surface area contributed by atoms with Gasteiger partial charge in [0.15, 0.2) is 0 Å². The van der Waals surface area contributed by atoms with E-state index in [0.717, 1.165) is 76.5 Å². The van der Waals surface area contributed by atoms with E-state index >= 15 is 0 Å². The van der Waals surface area contributed by atoms with Crippen molar-refractivity contribution in [3.63, 3.8) is 0 Å². The second-order valence-electron chi connectivity index (χ2n) is 10.5. The van der Waals surface area contributed by atoms with Crippen LogP contribution in [-0.2, 0) is 17.8 Å². The standard InChI is InChI=1S/C30H36N6O2/c1-33-13-5-9-24(33)22-38-30-31-27-21-36(28-11-4-8-23-7-2-3-10-25(23)28)15-12-26(27)29(32-30)35-18-16-34(17-19-35)14-6-20-37/h2-4,6-8,10-11,14,20,24H,5,9,12-13,15-19,21-22H2,1H3/t24-/m0/s1. The number of ether oxygens (including phenoxy) is 1. The van der Waals surface area contributed by atoms with Crippen molar-refractivity contribution >= 4 is 28.6 Å². The number of likely N-dealkylation sites (tertiary alicyclic amines) is 1. The van der Waals surface area contributed by atoms with Gasteiger partial charge >= 0.3 is 6.01 Å². The first-order valence-electron chi connectivity index (χ1n) is 13.8. The van der Waals surface area contributed by atoms with Crippen LogP contribution in [-0.4, -0.2) is 85.0 Å². The van der Waals surface area contributed by atoms with Crippen LogP contribution in [0.25, 0.3) is 10.8 Å². The van der Waals surface area contributed by atoms with Crippen LogP contribution < -0.4 is 14.5 Å². The van der Waals surface area contributed by atoms with Crippen LogP contribution in [0.5, 0.6) is 6.01 Å². The maximum Gasteiger partial charge on any atom is 0.318 e. The Bertz CT molecular complexity index is 1310. The number of anilines is 2. The molecule has 2 fully saturated rings. The number of likely N-dealkylation sites (N-methyl/N-ethyl adjacent to an activating group) is 1. The molecule has 1 atom stereocenters. The second-order valence-corrected chi connectivity index (χ2v) is 10.5. The number of allylic oxidation sites excluding steroid dienone is 1. The summed E-state index contributed by atoms with van der Waals surface area (Å²) in [5, 5.41) is 2.53. The van der Waals surface area contributed by atoms with Crippen LogP contribution in [0.1, 0.15) is 24.1 Å². The molecule has 198 valence electrons. The summed E-state index contributed by atoms with van der Waals surface area (Å²) < 4.78 is 6.27. The van der Waals surface area contributed by atoms with Crippen LogP contribution >= 0.6 is 0 Å². The minimum atomic E-state index is 0.415. The zero-order valence-corrected chi connectivity index (χ0v) is 22.1. The Morgan fingerprint density at radius 1 is 0.974 bits per heavy atom. The molecule has 0 bridgehead atoms. The normalized spacial score (nSPS) is 20.3. The largest absolute Gasteiger partial charge is 0.462 e. The van der Waals surface area contributed by atoms with Gasteiger partial charge < -0.3 is 24.3 Å². The van der Waals surface area contributed by atoms with Crippen molar-refractivity contribution in [2.24, 2.45) is 0 Å². The van der Waals surface area contributed by atoms with Crippen LogP contribution in [0.15, 0.2) is 54.7 Å². The van der Waals surface area contributed by atoms with Crippen LogP contribution in [0.4, 0.5) is 11.5 Å². The molecule has 1 aromatic heterocycles. The van der Waals surface area contributed by atoms with E-state index in [1.807, 2.05) is 6.20 Å². The number of benzene rings is 2. The molecule has 2 saturated heterocycles. The molecule has 0 N–H and O–H groups in total. The lowest BCUT2D eigenvalue weighted by Gasteiger charge is -2.38. The van der Waals surface area contributed by atoms with Gasteiger partial charge in [-0.3, -0.25) is 4.79 Å². The second kappa shape index (κ2) is 11.0. The van der Waals surface area contributed by atoms with E-state index in [1.165, 1.54) is 28.4 Å². The highest BCUT2D eigenvalue weighted by molar-refractivity contribution is 5.94. The molecule has 0 amide bonds. The highest BCUT2D eigenvalue weighted by Crippen LogP contribution is 2.34. The molecule has 0 radical (unpaired) electrons. The molecule has 0 unspecified atom stereocenters. The Hall–Kier alpha value is -3.65. The van der Waals surface area contributed by atoms with Crippen LogP contribution in [0.3, 0.4) is 0 Å². The average molecular weight is 513 g/mol. The third-order valence-corrected chi connectivity index (χ3v) is 8.20. The molecule has 38 heavy (non-hydrogen) atoms. The fourth-order valence-electron chi connectivity index (χ4n) is 6.00. The fourth-order valence-corrected chi connectivity index (χ4v) is 6.00. The minimum absolute atomic E-state index is 0.415. The van der Waals surface area contributed by atoms with Crippen molar-refractivity contribution < 1.29 is 9.53 Å². The molecular formula is C30H36N6O2. The van der Waals surface area contributed by atoms with E-state index in [1.54, 1.807) is 6.08 Å². The summed E-state index contributed by atoms with van der Waals surface area (Å²) in [6.07, 6.45) is 7.54. The number of nitrogens with zero attached hydrogens (tertiary/aromatic N) is 6. The minimum Gasteiger partial charge on any atom is -0.462 e. The fraction of sp³-hybridized carbons (Fsp3) is 0.433. The lowest BCUT2D eigenvalue weighted by molar-refractivity contribution is -0.104. The summed E-state index contributed by atoms with van der Waals surface area (Å²) in [6.45, 7) is 6.81.